The van der Waals surface area contributed by atoms with E-state index in [-0.39, 0.29) is 24.0 Å². The fourth-order valence-electron chi connectivity index (χ4n) is 4.00. The van der Waals surface area contributed by atoms with Crippen molar-refractivity contribution < 1.29 is 14.1 Å². The molecule has 1 aromatic carbocycles. The van der Waals surface area contributed by atoms with E-state index < -0.39 is 4.92 Å². The second-order valence-corrected chi connectivity index (χ2v) is 7.08. The van der Waals surface area contributed by atoms with Gasteiger partial charge in [-0.1, -0.05) is 6.42 Å². The van der Waals surface area contributed by atoms with Crippen molar-refractivity contribution in [2.75, 3.05) is 20.1 Å². The molecule has 0 saturated carbocycles. The summed E-state index contributed by atoms with van der Waals surface area (Å²) in [5.74, 6) is 0.779. The smallest absolute Gasteiger partial charge is 0.289 e. The molecule has 2 unspecified atom stereocenters. The SMILES string of the molecule is CN1C2CCCC1CN(C(=O)c1ccc(-c3ccc([N+](=O)[O-])cc3)o1)C2.Cl. The van der Waals surface area contributed by atoms with Crippen LogP contribution in [0.25, 0.3) is 11.3 Å². The van der Waals surface area contributed by atoms with Gasteiger partial charge in [-0.2, -0.15) is 0 Å². The van der Waals surface area contributed by atoms with Crippen LogP contribution < -0.4 is 0 Å². The fourth-order valence-corrected chi connectivity index (χ4v) is 4.00. The molecule has 27 heavy (non-hydrogen) atoms. The summed E-state index contributed by atoms with van der Waals surface area (Å²) in [5.41, 5.74) is 0.741. The molecular formula is C19H22ClN3O4. The number of rotatable bonds is 3. The maximum atomic E-state index is 12.8. The number of furan rings is 1. The summed E-state index contributed by atoms with van der Waals surface area (Å²) < 4.78 is 5.76. The standard InChI is InChI=1S/C19H21N3O4.ClH/c1-20-15-3-2-4-16(20)12-21(11-15)19(23)18-10-9-17(26-18)13-5-7-14(8-6-13)22(24)25;/h5-10,15-16H,2-4,11-12H2,1H3;1H. The maximum absolute atomic E-state index is 12.8. The molecule has 2 aliphatic rings. The van der Waals surface area contributed by atoms with E-state index in [9.17, 15) is 14.9 Å². The number of hydrogen-bond donors (Lipinski definition) is 0. The molecule has 2 saturated heterocycles. The molecule has 8 heteroatoms. The molecule has 3 heterocycles. The Morgan fingerprint density at radius 3 is 2.33 bits per heavy atom. The molecule has 2 aromatic rings. The van der Waals surface area contributed by atoms with E-state index in [1.54, 1.807) is 24.3 Å². The molecule has 1 amide bonds. The first-order valence-corrected chi connectivity index (χ1v) is 8.89. The van der Waals surface area contributed by atoms with Gasteiger partial charge in [-0.15, -0.1) is 12.4 Å². The lowest BCUT2D eigenvalue weighted by Crippen LogP contribution is -2.60. The van der Waals surface area contributed by atoms with Crippen LogP contribution in [0.5, 0.6) is 0 Å². The van der Waals surface area contributed by atoms with Gasteiger partial charge in [0.05, 0.1) is 4.92 Å². The Balaban J connectivity index is 0.00000210. The quantitative estimate of drug-likeness (QED) is 0.590. The largest absolute Gasteiger partial charge is 0.451 e. The van der Waals surface area contributed by atoms with Crippen molar-refractivity contribution in [3.05, 3.63) is 52.3 Å². The third kappa shape index (κ3) is 3.70. The lowest BCUT2D eigenvalue weighted by atomic mass is 9.92. The highest BCUT2D eigenvalue weighted by molar-refractivity contribution is 5.92. The molecule has 4 rings (SSSR count). The van der Waals surface area contributed by atoms with Gasteiger partial charge >= 0.3 is 0 Å². The second-order valence-electron chi connectivity index (χ2n) is 7.08. The van der Waals surface area contributed by atoms with Gasteiger partial charge in [-0.25, -0.2) is 0 Å². The molecule has 1 aromatic heterocycles. The number of halogens is 1. The van der Waals surface area contributed by atoms with Gasteiger partial charge in [0, 0.05) is 42.9 Å². The van der Waals surface area contributed by atoms with Crippen molar-refractivity contribution in [3.8, 4) is 11.3 Å². The minimum Gasteiger partial charge on any atom is -0.451 e. The summed E-state index contributed by atoms with van der Waals surface area (Å²) in [6.45, 7) is 1.47. The van der Waals surface area contributed by atoms with E-state index >= 15 is 0 Å². The highest BCUT2D eigenvalue weighted by Gasteiger charge is 2.37. The number of likely N-dealkylation sites (tertiary alicyclic amines) is 1. The summed E-state index contributed by atoms with van der Waals surface area (Å²) in [6, 6.07) is 10.4. The van der Waals surface area contributed by atoms with Gasteiger partial charge in [-0.3, -0.25) is 19.8 Å². The van der Waals surface area contributed by atoms with Crippen LogP contribution in [0.1, 0.15) is 29.8 Å². The summed E-state index contributed by atoms with van der Waals surface area (Å²) in [7, 11) is 2.15. The van der Waals surface area contributed by atoms with Crippen LogP contribution in [-0.4, -0.2) is 52.9 Å². The van der Waals surface area contributed by atoms with E-state index in [0.717, 1.165) is 25.9 Å². The Labute approximate surface area is 163 Å². The van der Waals surface area contributed by atoms with Crippen LogP contribution in [0.15, 0.2) is 40.8 Å². The minimum atomic E-state index is -0.439. The first-order chi connectivity index (χ1) is 12.5. The molecule has 0 aliphatic carbocycles. The van der Waals surface area contributed by atoms with Crippen molar-refractivity contribution in [2.24, 2.45) is 0 Å². The van der Waals surface area contributed by atoms with Crippen molar-refractivity contribution >= 4 is 24.0 Å². The number of amides is 1. The molecule has 2 bridgehead atoms. The maximum Gasteiger partial charge on any atom is 0.289 e. The molecule has 2 aliphatic heterocycles. The van der Waals surface area contributed by atoms with E-state index in [2.05, 4.69) is 11.9 Å². The van der Waals surface area contributed by atoms with Crippen LogP contribution in [0, 0.1) is 10.1 Å². The van der Waals surface area contributed by atoms with Crippen LogP contribution in [0.3, 0.4) is 0 Å². The summed E-state index contributed by atoms with van der Waals surface area (Å²) in [6.07, 6.45) is 3.48. The molecule has 0 N–H and O–H groups in total. The molecule has 144 valence electrons. The average molecular weight is 392 g/mol. The zero-order valence-electron chi connectivity index (χ0n) is 15.0. The molecule has 0 radical (unpaired) electrons. The third-order valence-corrected chi connectivity index (χ3v) is 5.56. The Morgan fingerprint density at radius 1 is 1.11 bits per heavy atom. The topological polar surface area (TPSA) is 79.8 Å². The van der Waals surface area contributed by atoms with Crippen molar-refractivity contribution in [1.82, 2.24) is 9.80 Å². The number of nitro benzene ring substituents is 1. The van der Waals surface area contributed by atoms with Crippen molar-refractivity contribution in [3.63, 3.8) is 0 Å². The summed E-state index contributed by atoms with van der Waals surface area (Å²) in [5, 5.41) is 10.8. The number of fused-ring (bicyclic) bond motifs is 2. The number of non-ortho nitro benzene ring substituents is 1. The number of likely N-dealkylation sites (N-methyl/N-ethyl adjacent to an activating group) is 1. The van der Waals surface area contributed by atoms with E-state index in [1.165, 1.54) is 18.6 Å². The van der Waals surface area contributed by atoms with Gasteiger partial charge < -0.3 is 9.32 Å². The predicted molar refractivity (Wildman–Crippen MR) is 103 cm³/mol. The lowest BCUT2D eigenvalue weighted by Gasteiger charge is -2.48. The zero-order chi connectivity index (χ0) is 18.3. The predicted octanol–water partition coefficient (Wildman–Crippen LogP) is 3.59. The molecular weight excluding hydrogens is 370 g/mol. The Kier molecular flexibility index (Phi) is 5.53. The number of piperidine rings is 1. The monoisotopic (exact) mass is 391 g/mol. The van der Waals surface area contributed by atoms with Crippen LogP contribution in [0.4, 0.5) is 5.69 Å². The van der Waals surface area contributed by atoms with Gasteiger partial charge in [0.1, 0.15) is 5.76 Å². The lowest BCUT2D eigenvalue weighted by molar-refractivity contribution is -0.384. The Morgan fingerprint density at radius 2 is 1.74 bits per heavy atom. The van der Waals surface area contributed by atoms with Gasteiger partial charge in [0.2, 0.25) is 0 Å². The van der Waals surface area contributed by atoms with Crippen LogP contribution in [0.2, 0.25) is 0 Å². The van der Waals surface area contributed by atoms with Gasteiger partial charge in [0.15, 0.2) is 5.76 Å². The Hall–Kier alpha value is -2.38. The van der Waals surface area contributed by atoms with E-state index in [4.69, 9.17) is 4.42 Å². The summed E-state index contributed by atoms with van der Waals surface area (Å²) in [4.78, 5) is 27.5. The first kappa shape index (κ1) is 19.4. The first-order valence-electron chi connectivity index (χ1n) is 8.89. The Bertz CT molecular complexity index is 822. The van der Waals surface area contributed by atoms with Crippen molar-refractivity contribution in [1.29, 1.82) is 0 Å². The number of carbonyl (C=O) groups excluding carboxylic acids is 1. The fraction of sp³-hybridized carbons (Fsp3) is 0.421. The molecule has 2 fully saturated rings. The second kappa shape index (κ2) is 7.70. The number of carbonyl (C=O) groups is 1. The van der Waals surface area contributed by atoms with E-state index in [1.807, 2.05) is 4.90 Å². The number of hydrogen-bond acceptors (Lipinski definition) is 5. The van der Waals surface area contributed by atoms with Gasteiger partial charge in [-0.05, 0) is 44.2 Å². The number of benzene rings is 1. The van der Waals surface area contributed by atoms with Crippen molar-refractivity contribution in [2.45, 2.75) is 31.3 Å². The highest BCUT2D eigenvalue weighted by atomic mass is 35.5. The third-order valence-electron chi connectivity index (χ3n) is 5.56. The average Bonchev–Trinajstić information content (AvgIpc) is 3.11. The van der Waals surface area contributed by atoms with Crippen LogP contribution >= 0.6 is 12.4 Å². The zero-order valence-corrected chi connectivity index (χ0v) is 15.9. The molecule has 7 nitrogen and oxygen atoms in total. The van der Waals surface area contributed by atoms with E-state index in [0.29, 0.717) is 29.2 Å². The molecule has 2 atom stereocenters. The number of piperazine rings is 1. The highest BCUT2D eigenvalue weighted by Crippen LogP contribution is 2.29. The number of nitro groups is 1. The normalized spacial score (nSPS) is 22.2. The number of nitrogens with zero attached hydrogens (tertiary/aromatic N) is 3. The van der Waals surface area contributed by atoms with Crippen LogP contribution in [-0.2, 0) is 0 Å². The van der Waals surface area contributed by atoms with Gasteiger partial charge in [0.25, 0.3) is 11.6 Å². The summed E-state index contributed by atoms with van der Waals surface area (Å²) >= 11 is 0. The minimum absolute atomic E-state index is 0. The molecule has 0 spiro atoms.